The highest BCUT2D eigenvalue weighted by atomic mass is 16.2. The third kappa shape index (κ3) is 2.47. The van der Waals surface area contributed by atoms with Gasteiger partial charge in [0.1, 0.15) is 0 Å². The van der Waals surface area contributed by atoms with Crippen LogP contribution in [-0.2, 0) is 4.79 Å². The Kier molecular flexibility index (Phi) is 3.85. The van der Waals surface area contributed by atoms with Crippen LogP contribution in [0, 0.1) is 5.92 Å². The quantitative estimate of drug-likeness (QED) is 0.738. The van der Waals surface area contributed by atoms with Gasteiger partial charge in [-0.3, -0.25) is 4.79 Å². The average molecular weight is 243 g/mol. The van der Waals surface area contributed by atoms with Gasteiger partial charge >= 0.3 is 0 Å². The van der Waals surface area contributed by atoms with Crippen molar-refractivity contribution in [1.29, 1.82) is 0 Å². The molecule has 1 heterocycles. The maximum atomic E-state index is 11.9. The number of hydrogen-bond donors (Lipinski definition) is 0. The normalized spacial score (nSPS) is 21.1. The van der Waals surface area contributed by atoms with E-state index in [1.165, 1.54) is 5.56 Å². The third-order valence-corrected chi connectivity index (χ3v) is 3.87. The van der Waals surface area contributed by atoms with E-state index in [1.54, 1.807) is 0 Å². The van der Waals surface area contributed by atoms with Gasteiger partial charge in [-0.25, -0.2) is 0 Å². The van der Waals surface area contributed by atoms with Gasteiger partial charge < -0.3 is 4.90 Å². The summed E-state index contributed by atoms with van der Waals surface area (Å²) >= 11 is 0. The second-order valence-corrected chi connectivity index (χ2v) is 5.11. The van der Waals surface area contributed by atoms with Crippen LogP contribution in [-0.4, -0.2) is 12.5 Å². The smallest absolute Gasteiger partial charge is 0.227 e. The second-order valence-electron chi connectivity index (χ2n) is 5.11. The molecule has 1 aromatic rings. The van der Waals surface area contributed by atoms with Crippen LogP contribution in [0.5, 0.6) is 0 Å². The molecule has 2 atom stereocenters. The summed E-state index contributed by atoms with van der Waals surface area (Å²) < 4.78 is 0. The number of carbonyl (C=O) groups excluding carboxylic acids is 1. The molecule has 0 saturated carbocycles. The van der Waals surface area contributed by atoms with E-state index in [-0.39, 0.29) is 5.91 Å². The number of carbonyl (C=O) groups is 1. The Labute approximate surface area is 109 Å². The SMILES string of the molecule is C=CC1CC(=O)N(c2ccc(C(C)CC)cc2)C1. The molecule has 0 aliphatic carbocycles. The maximum absolute atomic E-state index is 11.9. The molecule has 2 nitrogen and oxygen atoms in total. The molecular formula is C16H21NO. The molecule has 0 bridgehead atoms. The van der Waals surface area contributed by atoms with E-state index in [2.05, 4.69) is 44.7 Å². The molecule has 1 fully saturated rings. The van der Waals surface area contributed by atoms with Gasteiger partial charge in [-0.15, -0.1) is 6.58 Å². The van der Waals surface area contributed by atoms with Gasteiger partial charge in [0.2, 0.25) is 5.91 Å². The Morgan fingerprint density at radius 2 is 2.11 bits per heavy atom. The van der Waals surface area contributed by atoms with Crippen molar-refractivity contribution >= 4 is 11.6 Å². The fourth-order valence-electron chi connectivity index (χ4n) is 2.36. The number of nitrogens with zero attached hydrogens (tertiary/aromatic N) is 1. The van der Waals surface area contributed by atoms with Crippen molar-refractivity contribution in [3.63, 3.8) is 0 Å². The minimum absolute atomic E-state index is 0.205. The Balaban J connectivity index is 2.15. The maximum Gasteiger partial charge on any atom is 0.227 e. The second kappa shape index (κ2) is 5.38. The first-order chi connectivity index (χ1) is 8.65. The first kappa shape index (κ1) is 12.9. The van der Waals surface area contributed by atoms with Gasteiger partial charge in [0.25, 0.3) is 0 Å². The highest BCUT2D eigenvalue weighted by Crippen LogP contribution is 2.27. The van der Waals surface area contributed by atoms with E-state index in [0.717, 1.165) is 18.7 Å². The summed E-state index contributed by atoms with van der Waals surface area (Å²) in [6, 6.07) is 8.39. The summed E-state index contributed by atoms with van der Waals surface area (Å²) in [5.74, 6) is 1.08. The van der Waals surface area contributed by atoms with Crippen LogP contribution in [0.1, 0.15) is 38.2 Å². The number of anilines is 1. The molecule has 1 aliphatic rings. The zero-order valence-corrected chi connectivity index (χ0v) is 11.2. The predicted octanol–water partition coefficient (Wildman–Crippen LogP) is 3.74. The predicted molar refractivity (Wildman–Crippen MR) is 75.8 cm³/mol. The first-order valence-corrected chi connectivity index (χ1v) is 6.68. The van der Waals surface area contributed by atoms with Crippen molar-refractivity contribution in [2.75, 3.05) is 11.4 Å². The molecule has 2 rings (SSSR count). The molecule has 1 amide bonds. The van der Waals surface area contributed by atoms with Crippen LogP contribution in [0.4, 0.5) is 5.69 Å². The van der Waals surface area contributed by atoms with Crippen molar-refractivity contribution in [2.45, 2.75) is 32.6 Å². The Bertz CT molecular complexity index is 435. The van der Waals surface area contributed by atoms with Crippen molar-refractivity contribution in [1.82, 2.24) is 0 Å². The van der Waals surface area contributed by atoms with Crippen LogP contribution in [0.25, 0.3) is 0 Å². The minimum atomic E-state index is 0.205. The average Bonchev–Trinajstić information content (AvgIpc) is 2.79. The zero-order valence-electron chi connectivity index (χ0n) is 11.2. The summed E-state index contributed by atoms with van der Waals surface area (Å²) in [5.41, 5.74) is 2.35. The minimum Gasteiger partial charge on any atom is -0.312 e. The van der Waals surface area contributed by atoms with Crippen molar-refractivity contribution in [2.24, 2.45) is 5.92 Å². The van der Waals surface area contributed by atoms with Crippen molar-refractivity contribution in [3.05, 3.63) is 42.5 Å². The fourth-order valence-corrected chi connectivity index (χ4v) is 2.36. The van der Waals surface area contributed by atoms with E-state index >= 15 is 0 Å². The van der Waals surface area contributed by atoms with Crippen molar-refractivity contribution < 1.29 is 4.79 Å². The van der Waals surface area contributed by atoms with Gasteiger partial charge in [-0.2, -0.15) is 0 Å². The van der Waals surface area contributed by atoms with Gasteiger partial charge in [-0.05, 0) is 30.0 Å². The molecule has 0 spiro atoms. The standard InChI is InChI=1S/C16H21NO/c1-4-12(3)14-6-8-15(9-7-14)17-11-13(5-2)10-16(17)18/h5-9,12-13H,2,4,10-11H2,1,3H3. The number of benzene rings is 1. The van der Waals surface area contributed by atoms with E-state index in [0.29, 0.717) is 18.3 Å². The fraction of sp³-hybridized carbons (Fsp3) is 0.438. The lowest BCUT2D eigenvalue weighted by molar-refractivity contribution is -0.117. The van der Waals surface area contributed by atoms with E-state index in [4.69, 9.17) is 0 Å². The van der Waals surface area contributed by atoms with E-state index in [9.17, 15) is 4.79 Å². The molecule has 1 aromatic carbocycles. The molecule has 96 valence electrons. The van der Waals surface area contributed by atoms with Gasteiger partial charge in [-0.1, -0.05) is 32.1 Å². The van der Waals surface area contributed by atoms with Gasteiger partial charge in [0.05, 0.1) is 0 Å². The van der Waals surface area contributed by atoms with E-state index < -0.39 is 0 Å². The number of amides is 1. The molecule has 1 aliphatic heterocycles. The van der Waals surface area contributed by atoms with Crippen LogP contribution >= 0.6 is 0 Å². The van der Waals surface area contributed by atoms with Crippen LogP contribution < -0.4 is 4.90 Å². The Morgan fingerprint density at radius 3 is 2.61 bits per heavy atom. The lowest BCUT2D eigenvalue weighted by Crippen LogP contribution is -2.24. The molecule has 0 radical (unpaired) electrons. The van der Waals surface area contributed by atoms with Crippen LogP contribution in [0.2, 0.25) is 0 Å². The summed E-state index contributed by atoms with van der Waals surface area (Å²) in [7, 11) is 0. The number of rotatable bonds is 4. The summed E-state index contributed by atoms with van der Waals surface area (Å²) in [4.78, 5) is 13.8. The van der Waals surface area contributed by atoms with Crippen LogP contribution in [0.3, 0.4) is 0 Å². The largest absolute Gasteiger partial charge is 0.312 e. The summed E-state index contributed by atoms with van der Waals surface area (Å²) in [5, 5.41) is 0. The van der Waals surface area contributed by atoms with Crippen LogP contribution in [0.15, 0.2) is 36.9 Å². The topological polar surface area (TPSA) is 20.3 Å². The van der Waals surface area contributed by atoms with E-state index in [1.807, 2.05) is 11.0 Å². The highest BCUT2D eigenvalue weighted by molar-refractivity contribution is 5.95. The molecule has 18 heavy (non-hydrogen) atoms. The number of hydrogen-bond acceptors (Lipinski definition) is 1. The molecular weight excluding hydrogens is 222 g/mol. The molecule has 2 unspecified atom stereocenters. The highest BCUT2D eigenvalue weighted by Gasteiger charge is 2.28. The summed E-state index contributed by atoms with van der Waals surface area (Å²) in [6.45, 7) is 8.96. The molecule has 0 N–H and O–H groups in total. The van der Waals surface area contributed by atoms with Crippen molar-refractivity contribution in [3.8, 4) is 0 Å². The lowest BCUT2D eigenvalue weighted by Gasteiger charge is -2.17. The molecule has 0 aromatic heterocycles. The lowest BCUT2D eigenvalue weighted by atomic mass is 9.98. The third-order valence-electron chi connectivity index (χ3n) is 3.87. The molecule has 1 saturated heterocycles. The summed E-state index contributed by atoms with van der Waals surface area (Å²) in [6.07, 6.45) is 3.61. The Morgan fingerprint density at radius 1 is 1.44 bits per heavy atom. The Hall–Kier alpha value is -1.57. The molecule has 2 heteroatoms. The first-order valence-electron chi connectivity index (χ1n) is 6.68. The monoisotopic (exact) mass is 243 g/mol. The van der Waals surface area contributed by atoms with Gasteiger partial charge in [0.15, 0.2) is 0 Å². The van der Waals surface area contributed by atoms with Gasteiger partial charge in [0, 0.05) is 24.6 Å². The zero-order chi connectivity index (χ0) is 13.1.